The molecule has 2 N–H and O–H groups in total. The maximum absolute atomic E-state index is 12.2. The minimum Gasteiger partial charge on any atom is -0.496 e. The first-order valence-electron chi connectivity index (χ1n) is 6.04. The maximum atomic E-state index is 12.2. The SMILES string of the molecule is COc1cc(Br)ccc1C(=O)NC(C(=O)O)C(C)(C)C. The lowest BCUT2D eigenvalue weighted by molar-refractivity contribution is -0.142. The predicted octanol–water partition coefficient (Wildman–Crippen LogP) is 2.69. The number of benzene rings is 1. The molecule has 0 spiro atoms. The van der Waals surface area contributed by atoms with E-state index in [4.69, 9.17) is 4.74 Å². The zero-order valence-electron chi connectivity index (χ0n) is 11.9. The molecular weight excluding hydrogens is 326 g/mol. The molecule has 20 heavy (non-hydrogen) atoms. The second-order valence-electron chi connectivity index (χ2n) is 5.46. The number of rotatable bonds is 4. The van der Waals surface area contributed by atoms with E-state index in [2.05, 4.69) is 21.2 Å². The molecule has 1 atom stereocenters. The van der Waals surface area contributed by atoms with Crippen molar-refractivity contribution in [2.75, 3.05) is 7.11 Å². The van der Waals surface area contributed by atoms with Gasteiger partial charge in [-0.15, -0.1) is 0 Å². The lowest BCUT2D eigenvalue weighted by Gasteiger charge is -2.28. The molecule has 1 amide bonds. The molecule has 0 radical (unpaired) electrons. The largest absolute Gasteiger partial charge is 0.496 e. The van der Waals surface area contributed by atoms with Crippen molar-refractivity contribution < 1.29 is 19.4 Å². The van der Waals surface area contributed by atoms with Crippen molar-refractivity contribution in [1.82, 2.24) is 5.32 Å². The van der Waals surface area contributed by atoms with E-state index in [1.54, 1.807) is 39.0 Å². The molecule has 0 saturated carbocycles. The van der Waals surface area contributed by atoms with Gasteiger partial charge in [-0.3, -0.25) is 4.79 Å². The summed E-state index contributed by atoms with van der Waals surface area (Å²) in [4.78, 5) is 23.5. The lowest BCUT2D eigenvalue weighted by Crippen LogP contribution is -2.49. The monoisotopic (exact) mass is 343 g/mol. The fourth-order valence-corrected chi connectivity index (χ4v) is 2.05. The van der Waals surface area contributed by atoms with Crippen LogP contribution in [-0.2, 0) is 4.79 Å². The minimum atomic E-state index is -1.07. The maximum Gasteiger partial charge on any atom is 0.326 e. The summed E-state index contributed by atoms with van der Waals surface area (Å²) < 4.78 is 5.91. The number of carbonyl (C=O) groups excluding carboxylic acids is 1. The quantitative estimate of drug-likeness (QED) is 0.881. The van der Waals surface area contributed by atoms with Crippen LogP contribution >= 0.6 is 15.9 Å². The van der Waals surface area contributed by atoms with Gasteiger partial charge in [0.05, 0.1) is 12.7 Å². The van der Waals surface area contributed by atoms with Crippen molar-refractivity contribution in [1.29, 1.82) is 0 Å². The summed E-state index contributed by atoms with van der Waals surface area (Å²) in [5, 5.41) is 11.8. The average Bonchev–Trinajstić information content (AvgIpc) is 2.33. The molecule has 1 aromatic carbocycles. The third kappa shape index (κ3) is 3.96. The normalized spacial score (nSPS) is 12.7. The van der Waals surface area contributed by atoms with Crippen LogP contribution in [0.15, 0.2) is 22.7 Å². The van der Waals surface area contributed by atoms with Crippen molar-refractivity contribution >= 4 is 27.8 Å². The average molecular weight is 344 g/mol. The number of methoxy groups -OCH3 is 1. The highest BCUT2D eigenvalue weighted by molar-refractivity contribution is 9.10. The van der Waals surface area contributed by atoms with Crippen LogP contribution in [0, 0.1) is 5.41 Å². The van der Waals surface area contributed by atoms with E-state index in [-0.39, 0.29) is 0 Å². The summed E-state index contributed by atoms with van der Waals surface area (Å²) in [6.07, 6.45) is 0. The summed E-state index contributed by atoms with van der Waals surface area (Å²) in [6.45, 7) is 5.26. The number of nitrogens with one attached hydrogen (secondary N) is 1. The Hall–Kier alpha value is -1.56. The highest BCUT2D eigenvalue weighted by Crippen LogP contribution is 2.25. The van der Waals surface area contributed by atoms with Crippen molar-refractivity contribution in [3.63, 3.8) is 0 Å². The van der Waals surface area contributed by atoms with Crippen molar-refractivity contribution in [3.05, 3.63) is 28.2 Å². The molecule has 0 bridgehead atoms. The number of ether oxygens (including phenoxy) is 1. The fourth-order valence-electron chi connectivity index (χ4n) is 1.71. The van der Waals surface area contributed by atoms with Gasteiger partial charge in [-0.1, -0.05) is 36.7 Å². The summed E-state index contributed by atoms with van der Waals surface area (Å²) in [7, 11) is 1.46. The van der Waals surface area contributed by atoms with Gasteiger partial charge in [-0.2, -0.15) is 0 Å². The summed E-state index contributed by atoms with van der Waals surface area (Å²) >= 11 is 3.29. The topological polar surface area (TPSA) is 75.6 Å². The van der Waals surface area contributed by atoms with Gasteiger partial charge in [-0.05, 0) is 23.6 Å². The first-order chi connectivity index (χ1) is 9.16. The molecule has 1 rings (SSSR count). The molecule has 1 aromatic rings. The second-order valence-corrected chi connectivity index (χ2v) is 6.37. The highest BCUT2D eigenvalue weighted by Gasteiger charge is 2.33. The molecule has 0 aliphatic heterocycles. The van der Waals surface area contributed by atoms with Gasteiger partial charge in [0.25, 0.3) is 5.91 Å². The first kappa shape index (κ1) is 16.5. The fraction of sp³-hybridized carbons (Fsp3) is 0.429. The lowest BCUT2D eigenvalue weighted by atomic mass is 9.86. The second kappa shape index (κ2) is 6.26. The van der Waals surface area contributed by atoms with Gasteiger partial charge in [-0.25, -0.2) is 4.79 Å². The van der Waals surface area contributed by atoms with Gasteiger partial charge in [0.2, 0.25) is 0 Å². The highest BCUT2D eigenvalue weighted by atomic mass is 79.9. The first-order valence-corrected chi connectivity index (χ1v) is 6.83. The van der Waals surface area contributed by atoms with Crippen LogP contribution in [-0.4, -0.2) is 30.1 Å². The summed E-state index contributed by atoms with van der Waals surface area (Å²) in [5.41, 5.74) is -0.296. The summed E-state index contributed by atoms with van der Waals surface area (Å²) in [6, 6.07) is 3.95. The van der Waals surface area contributed by atoms with Gasteiger partial charge < -0.3 is 15.2 Å². The minimum absolute atomic E-state index is 0.297. The summed E-state index contributed by atoms with van der Waals surface area (Å²) in [5.74, 6) is -1.16. The Morgan fingerprint density at radius 1 is 1.35 bits per heavy atom. The molecule has 110 valence electrons. The molecule has 6 heteroatoms. The van der Waals surface area contributed by atoms with Crippen LogP contribution in [0.4, 0.5) is 0 Å². The van der Waals surface area contributed by atoms with E-state index in [0.29, 0.717) is 11.3 Å². The van der Waals surface area contributed by atoms with E-state index in [1.807, 2.05) is 0 Å². The third-order valence-electron chi connectivity index (χ3n) is 2.80. The zero-order valence-corrected chi connectivity index (χ0v) is 13.4. The molecule has 0 aliphatic carbocycles. The molecular formula is C14H18BrNO4. The Kier molecular flexibility index (Phi) is 5.16. The number of carboxylic acid groups (broad SMARTS) is 1. The smallest absolute Gasteiger partial charge is 0.326 e. The Morgan fingerprint density at radius 2 is 1.95 bits per heavy atom. The molecule has 0 saturated heterocycles. The number of amides is 1. The van der Waals surface area contributed by atoms with Gasteiger partial charge in [0.15, 0.2) is 0 Å². The third-order valence-corrected chi connectivity index (χ3v) is 3.29. The van der Waals surface area contributed by atoms with Crippen LogP contribution in [0.25, 0.3) is 0 Å². The van der Waals surface area contributed by atoms with Crippen LogP contribution < -0.4 is 10.1 Å². The van der Waals surface area contributed by atoms with Gasteiger partial charge in [0.1, 0.15) is 11.8 Å². The Bertz CT molecular complexity index is 522. The Labute approximate surface area is 126 Å². The molecule has 0 aromatic heterocycles. The van der Waals surface area contributed by atoms with E-state index in [9.17, 15) is 14.7 Å². The number of halogens is 1. The van der Waals surface area contributed by atoms with E-state index in [0.717, 1.165) is 4.47 Å². The molecule has 0 aliphatic rings. The predicted molar refractivity (Wildman–Crippen MR) is 79.0 cm³/mol. The number of hydrogen-bond acceptors (Lipinski definition) is 3. The van der Waals surface area contributed by atoms with Gasteiger partial charge >= 0.3 is 5.97 Å². The number of hydrogen-bond donors (Lipinski definition) is 2. The molecule has 0 heterocycles. The zero-order chi connectivity index (χ0) is 15.5. The van der Waals surface area contributed by atoms with Crippen LogP contribution in [0.2, 0.25) is 0 Å². The van der Waals surface area contributed by atoms with Crippen LogP contribution in [0.3, 0.4) is 0 Å². The number of carbonyl (C=O) groups is 2. The number of aliphatic carboxylic acids is 1. The van der Waals surface area contributed by atoms with E-state index in [1.165, 1.54) is 7.11 Å². The van der Waals surface area contributed by atoms with Gasteiger partial charge in [0, 0.05) is 4.47 Å². The van der Waals surface area contributed by atoms with E-state index >= 15 is 0 Å². The van der Waals surface area contributed by atoms with Crippen LogP contribution in [0.5, 0.6) is 5.75 Å². The van der Waals surface area contributed by atoms with Crippen molar-refractivity contribution in [2.45, 2.75) is 26.8 Å². The van der Waals surface area contributed by atoms with Crippen molar-refractivity contribution in [3.8, 4) is 5.75 Å². The molecule has 0 fully saturated rings. The molecule has 5 nitrogen and oxygen atoms in total. The van der Waals surface area contributed by atoms with E-state index < -0.39 is 23.3 Å². The number of carboxylic acids is 1. The standard InChI is InChI=1S/C14H18BrNO4/c1-14(2,3)11(13(18)19)16-12(17)9-6-5-8(15)7-10(9)20-4/h5-7,11H,1-4H3,(H,16,17)(H,18,19). The Morgan fingerprint density at radius 3 is 2.40 bits per heavy atom. The van der Waals surface area contributed by atoms with Crippen LogP contribution in [0.1, 0.15) is 31.1 Å². The molecule has 1 unspecified atom stereocenters. The Balaban J connectivity index is 3.04. The van der Waals surface area contributed by atoms with Crippen molar-refractivity contribution in [2.24, 2.45) is 5.41 Å².